The van der Waals surface area contributed by atoms with Gasteiger partial charge < -0.3 is 15.2 Å². The first kappa shape index (κ1) is 22.3. The molecular weight excluding hydrogens is 520 g/mol. The number of carbonyl (C=O) groups is 2. The second-order valence-corrected chi connectivity index (χ2v) is 7.41. The van der Waals surface area contributed by atoms with Crippen LogP contribution in [0.4, 0.5) is 5.69 Å². The smallest absolute Gasteiger partial charge is 0.249 e. The number of nitrogens with zero attached hydrogens (tertiary/aromatic N) is 1. The largest absolute Gasteiger partial charge is 0.504 e. The number of hydrogen-bond donors (Lipinski definition) is 3. The van der Waals surface area contributed by atoms with Gasteiger partial charge in [-0.2, -0.15) is 5.10 Å². The minimum absolute atomic E-state index is 0.0441. The summed E-state index contributed by atoms with van der Waals surface area (Å²) in [6.07, 6.45) is 0.966. The van der Waals surface area contributed by atoms with Crippen LogP contribution in [0.5, 0.6) is 11.5 Å². The molecule has 0 aromatic heterocycles. The van der Waals surface area contributed by atoms with Gasteiger partial charge in [0.15, 0.2) is 11.5 Å². The molecule has 28 heavy (non-hydrogen) atoms. The molecule has 0 unspecified atom stereocenters. The lowest BCUT2D eigenvalue weighted by molar-refractivity contribution is -0.126. The van der Waals surface area contributed by atoms with Crippen LogP contribution in [0, 0.1) is 3.57 Å². The number of benzene rings is 2. The van der Waals surface area contributed by atoms with E-state index >= 15 is 0 Å². The number of anilines is 1. The zero-order valence-corrected chi connectivity index (χ0v) is 18.3. The molecule has 0 aliphatic carbocycles. The Morgan fingerprint density at radius 3 is 2.64 bits per heavy atom. The van der Waals surface area contributed by atoms with E-state index in [0.29, 0.717) is 37.2 Å². The molecule has 148 valence electrons. The third kappa shape index (κ3) is 6.54. The topological polar surface area (TPSA) is 100 Å². The third-order valence-electron chi connectivity index (χ3n) is 3.28. The van der Waals surface area contributed by atoms with Crippen molar-refractivity contribution in [2.75, 3.05) is 11.9 Å². The SMILES string of the molecule is CCOc1cc(C=NNC(=O)CC(=O)Nc2ccc(Cl)c(Cl)c2)cc(I)c1O. The standard InChI is InChI=1S/C18H16Cl2IN3O4/c1-2-28-15-6-10(5-14(21)18(15)27)9-22-24-17(26)8-16(25)23-11-3-4-12(19)13(20)7-11/h3-7,9,27H,2,8H2,1H3,(H,23,25)(H,24,26). The summed E-state index contributed by atoms with van der Waals surface area (Å²) in [5.41, 5.74) is 3.32. The number of ether oxygens (including phenoxy) is 1. The van der Waals surface area contributed by atoms with E-state index in [9.17, 15) is 14.7 Å². The average molecular weight is 536 g/mol. The van der Waals surface area contributed by atoms with E-state index in [4.69, 9.17) is 27.9 Å². The molecule has 2 rings (SSSR count). The maximum absolute atomic E-state index is 11.9. The van der Waals surface area contributed by atoms with E-state index in [1.54, 1.807) is 31.2 Å². The average Bonchev–Trinajstić information content (AvgIpc) is 2.62. The predicted octanol–water partition coefficient (Wildman–Crippen LogP) is 4.18. The van der Waals surface area contributed by atoms with Crippen LogP contribution in [0.15, 0.2) is 35.4 Å². The number of rotatable bonds is 7. The Labute approximate surface area is 185 Å². The highest BCUT2D eigenvalue weighted by Gasteiger charge is 2.11. The van der Waals surface area contributed by atoms with Crippen molar-refractivity contribution in [3.63, 3.8) is 0 Å². The van der Waals surface area contributed by atoms with Crippen LogP contribution < -0.4 is 15.5 Å². The summed E-state index contributed by atoms with van der Waals surface area (Å²) >= 11 is 13.6. The summed E-state index contributed by atoms with van der Waals surface area (Å²) in [6.45, 7) is 2.20. The molecule has 7 nitrogen and oxygen atoms in total. The summed E-state index contributed by atoms with van der Waals surface area (Å²) in [4.78, 5) is 23.8. The summed E-state index contributed by atoms with van der Waals surface area (Å²) in [5.74, 6) is -0.748. The summed E-state index contributed by atoms with van der Waals surface area (Å²) in [5, 5.41) is 16.9. The Morgan fingerprint density at radius 2 is 1.96 bits per heavy atom. The lowest BCUT2D eigenvalue weighted by Crippen LogP contribution is -2.24. The predicted molar refractivity (Wildman–Crippen MR) is 117 cm³/mol. The second kappa shape index (κ2) is 10.5. The van der Waals surface area contributed by atoms with Gasteiger partial charge in [0, 0.05) is 5.69 Å². The van der Waals surface area contributed by atoms with Gasteiger partial charge in [0.1, 0.15) is 6.42 Å². The van der Waals surface area contributed by atoms with Gasteiger partial charge in [0.25, 0.3) is 0 Å². The third-order valence-corrected chi connectivity index (χ3v) is 4.84. The number of carbonyl (C=O) groups excluding carboxylic acids is 2. The van der Waals surface area contributed by atoms with Crippen molar-refractivity contribution in [3.8, 4) is 11.5 Å². The second-order valence-electron chi connectivity index (χ2n) is 5.43. The molecule has 0 saturated carbocycles. The quantitative estimate of drug-likeness (QED) is 0.214. The minimum Gasteiger partial charge on any atom is -0.504 e. The molecule has 10 heteroatoms. The van der Waals surface area contributed by atoms with Crippen molar-refractivity contribution >= 4 is 69.5 Å². The summed E-state index contributed by atoms with van der Waals surface area (Å²) in [6, 6.07) is 7.86. The number of aromatic hydroxyl groups is 1. The number of phenols is 1. The number of phenolic OH excluding ortho intramolecular Hbond substituents is 1. The zero-order valence-electron chi connectivity index (χ0n) is 14.6. The van der Waals surface area contributed by atoms with E-state index in [1.807, 2.05) is 22.6 Å². The Bertz CT molecular complexity index is 922. The Balaban J connectivity index is 1.91. The monoisotopic (exact) mass is 535 g/mol. The zero-order chi connectivity index (χ0) is 20.7. The van der Waals surface area contributed by atoms with Crippen molar-refractivity contribution < 1.29 is 19.4 Å². The van der Waals surface area contributed by atoms with Crippen LogP contribution in [-0.4, -0.2) is 29.7 Å². The first-order chi connectivity index (χ1) is 13.3. The fraction of sp³-hybridized carbons (Fsp3) is 0.167. The molecule has 0 fully saturated rings. The van der Waals surface area contributed by atoms with Crippen LogP contribution in [0.2, 0.25) is 10.0 Å². The molecule has 0 spiro atoms. The fourth-order valence-corrected chi connectivity index (χ4v) is 3.00. The molecule has 0 heterocycles. The van der Waals surface area contributed by atoms with E-state index in [-0.39, 0.29) is 5.75 Å². The highest BCUT2D eigenvalue weighted by atomic mass is 127. The Hall–Kier alpha value is -2.04. The maximum Gasteiger partial charge on any atom is 0.249 e. The van der Waals surface area contributed by atoms with Gasteiger partial charge in [0.2, 0.25) is 11.8 Å². The fourth-order valence-electron chi connectivity index (χ4n) is 2.08. The van der Waals surface area contributed by atoms with Gasteiger partial charge >= 0.3 is 0 Å². The van der Waals surface area contributed by atoms with Crippen molar-refractivity contribution in [1.29, 1.82) is 0 Å². The normalized spacial score (nSPS) is 10.7. The van der Waals surface area contributed by atoms with Crippen molar-refractivity contribution in [1.82, 2.24) is 5.43 Å². The number of hydrogen-bond acceptors (Lipinski definition) is 5. The maximum atomic E-state index is 11.9. The van der Waals surface area contributed by atoms with Crippen LogP contribution >= 0.6 is 45.8 Å². The molecule has 3 N–H and O–H groups in total. The molecule has 0 atom stereocenters. The van der Waals surface area contributed by atoms with Crippen molar-refractivity contribution in [2.24, 2.45) is 5.10 Å². The molecule has 0 aliphatic rings. The van der Waals surface area contributed by atoms with Gasteiger partial charge in [0.05, 0.1) is 26.4 Å². The lowest BCUT2D eigenvalue weighted by atomic mass is 10.2. The van der Waals surface area contributed by atoms with E-state index < -0.39 is 18.2 Å². The molecular formula is C18H16Cl2IN3O4. The number of nitrogens with one attached hydrogen (secondary N) is 2. The molecule has 0 aliphatic heterocycles. The lowest BCUT2D eigenvalue weighted by Gasteiger charge is -2.08. The van der Waals surface area contributed by atoms with Crippen molar-refractivity contribution in [3.05, 3.63) is 49.5 Å². The molecule has 2 amide bonds. The van der Waals surface area contributed by atoms with E-state index in [0.717, 1.165) is 0 Å². The van der Waals surface area contributed by atoms with Gasteiger partial charge in [-0.05, 0) is 65.4 Å². The molecule has 2 aromatic carbocycles. The van der Waals surface area contributed by atoms with Crippen LogP contribution in [-0.2, 0) is 9.59 Å². The highest BCUT2D eigenvalue weighted by molar-refractivity contribution is 14.1. The van der Waals surface area contributed by atoms with Gasteiger partial charge in [-0.3, -0.25) is 9.59 Å². The molecule has 0 bridgehead atoms. The van der Waals surface area contributed by atoms with Gasteiger partial charge in [-0.1, -0.05) is 23.2 Å². The first-order valence-electron chi connectivity index (χ1n) is 8.02. The van der Waals surface area contributed by atoms with Crippen LogP contribution in [0.1, 0.15) is 18.9 Å². The summed E-state index contributed by atoms with van der Waals surface area (Å²) in [7, 11) is 0. The molecule has 0 radical (unpaired) electrons. The van der Waals surface area contributed by atoms with E-state index in [1.165, 1.54) is 12.3 Å². The number of halogens is 3. The van der Waals surface area contributed by atoms with Crippen molar-refractivity contribution in [2.45, 2.75) is 13.3 Å². The Kier molecular flexibility index (Phi) is 8.34. The minimum atomic E-state index is -0.590. The number of amides is 2. The Morgan fingerprint density at radius 1 is 1.21 bits per heavy atom. The van der Waals surface area contributed by atoms with Crippen LogP contribution in [0.3, 0.4) is 0 Å². The summed E-state index contributed by atoms with van der Waals surface area (Å²) < 4.78 is 5.92. The van der Waals surface area contributed by atoms with Gasteiger partial charge in [-0.25, -0.2) is 5.43 Å². The molecule has 2 aromatic rings. The van der Waals surface area contributed by atoms with Crippen LogP contribution in [0.25, 0.3) is 0 Å². The van der Waals surface area contributed by atoms with E-state index in [2.05, 4.69) is 15.8 Å². The molecule has 0 saturated heterocycles. The first-order valence-corrected chi connectivity index (χ1v) is 9.85. The number of hydrazone groups is 1. The highest BCUT2D eigenvalue weighted by Crippen LogP contribution is 2.32. The van der Waals surface area contributed by atoms with Gasteiger partial charge in [-0.15, -0.1) is 0 Å².